The van der Waals surface area contributed by atoms with Gasteiger partial charge in [0.05, 0.1) is 19.5 Å². The van der Waals surface area contributed by atoms with Crippen molar-refractivity contribution in [2.75, 3.05) is 24.9 Å². The van der Waals surface area contributed by atoms with Crippen LogP contribution in [0.4, 0.5) is 11.4 Å². The Labute approximate surface area is 205 Å². The Bertz CT molecular complexity index is 1140. The second kappa shape index (κ2) is 11.6. The van der Waals surface area contributed by atoms with Crippen LogP contribution in [0.3, 0.4) is 0 Å². The molecule has 34 heavy (non-hydrogen) atoms. The molecule has 0 saturated heterocycles. The first kappa shape index (κ1) is 25.2. The molecule has 7 heteroatoms. The fourth-order valence-electron chi connectivity index (χ4n) is 3.57. The third kappa shape index (κ3) is 5.91. The number of aryl methyl sites for hydroxylation is 2. The lowest BCUT2D eigenvalue weighted by Crippen LogP contribution is -2.23. The van der Waals surface area contributed by atoms with Gasteiger partial charge in [-0.15, -0.1) is 11.8 Å². The molecule has 0 aliphatic rings. The number of benzene rings is 3. The summed E-state index contributed by atoms with van der Waals surface area (Å²) in [7, 11) is 3.02. The first-order chi connectivity index (χ1) is 16.4. The summed E-state index contributed by atoms with van der Waals surface area (Å²) in [5, 5.41) is 5.67. The number of anilines is 2. The largest absolute Gasteiger partial charge is 0.496 e. The number of thioether (sulfide) groups is 1. The zero-order valence-corrected chi connectivity index (χ0v) is 20.9. The minimum atomic E-state index is -0.326. The van der Waals surface area contributed by atoms with Gasteiger partial charge in [-0.05, 0) is 67.8 Å². The Morgan fingerprint density at radius 2 is 1.53 bits per heavy atom. The molecular weight excluding hydrogens is 448 g/mol. The summed E-state index contributed by atoms with van der Waals surface area (Å²) in [5.41, 5.74) is 4.03. The second-order valence-electron chi connectivity index (χ2n) is 7.73. The van der Waals surface area contributed by atoms with E-state index in [1.807, 2.05) is 56.3 Å². The van der Waals surface area contributed by atoms with E-state index in [0.717, 1.165) is 28.1 Å². The Balaban J connectivity index is 1.65. The van der Waals surface area contributed by atoms with Crippen LogP contribution in [-0.4, -0.2) is 31.3 Å². The summed E-state index contributed by atoms with van der Waals surface area (Å²) in [5.74, 6) is 0.495. The van der Waals surface area contributed by atoms with E-state index in [1.54, 1.807) is 18.2 Å². The number of nitrogens with one attached hydrogen (secondary N) is 2. The lowest BCUT2D eigenvalue weighted by atomic mass is 10.1. The van der Waals surface area contributed by atoms with Gasteiger partial charge in [0, 0.05) is 16.3 Å². The van der Waals surface area contributed by atoms with E-state index in [0.29, 0.717) is 22.7 Å². The third-order valence-corrected chi connectivity index (χ3v) is 6.55. The lowest BCUT2D eigenvalue weighted by molar-refractivity contribution is -0.115. The molecule has 2 amide bonds. The van der Waals surface area contributed by atoms with E-state index in [2.05, 4.69) is 17.6 Å². The van der Waals surface area contributed by atoms with Crippen LogP contribution < -0.4 is 20.1 Å². The predicted octanol–water partition coefficient (Wildman–Crippen LogP) is 5.95. The van der Waals surface area contributed by atoms with E-state index >= 15 is 0 Å². The molecule has 178 valence electrons. The quantitative estimate of drug-likeness (QED) is 0.372. The number of carbonyl (C=O) groups excluding carboxylic acids is 2. The summed E-state index contributed by atoms with van der Waals surface area (Å²) in [4.78, 5) is 26.6. The van der Waals surface area contributed by atoms with Gasteiger partial charge in [0.25, 0.3) is 5.91 Å². The molecule has 3 aromatic rings. The summed E-state index contributed by atoms with van der Waals surface area (Å²) in [6.07, 6.45) is 0.854. The van der Waals surface area contributed by atoms with Gasteiger partial charge in [-0.2, -0.15) is 0 Å². The van der Waals surface area contributed by atoms with Gasteiger partial charge in [-0.25, -0.2) is 0 Å². The zero-order valence-electron chi connectivity index (χ0n) is 20.1. The monoisotopic (exact) mass is 478 g/mol. The van der Waals surface area contributed by atoms with Gasteiger partial charge in [-0.3, -0.25) is 9.59 Å². The summed E-state index contributed by atoms with van der Waals surface area (Å²) >= 11 is 1.46. The van der Waals surface area contributed by atoms with Crippen molar-refractivity contribution in [1.29, 1.82) is 0 Å². The highest BCUT2D eigenvalue weighted by Gasteiger charge is 2.19. The van der Waals surface area contributed by atoms with E-state index in [-0.39, 0.29) is 17.1 Å². The first-order valence-electron chi connectivity index (χ1n) is 11.1. The summed E-state index contributed by atoms with van der Waals surface area (Å²) in [6, 6.07) is 18.6. The summed E-state index contributed by atoms with van der Waals surface area (Å²) < 4.78 is 10.6. The van der Waals surface area contributed by atoms with Crippen molar-refractivity contribution in [3.63, 3.8) is 0 Å². The molecule has 0 aliphatic heterocycles. The van der Waals surface area contributed by atoms with Crippen molar-refractivity contribution in [1.82, 2.24) is 0 Å². The molecule has 0 spiro atoms. The van der Waals surface area contributed by atoms with Crippen molar-refractivity contribution >= 4 is 35.0 Å². The van der Waals surface area contributed by atoms with Gasteiger partial charge in [0.1, 0.15) is 17.1 Å². The van der Waals surface area contributed by atoms with Gasteiger partial charge in [0.2, 0.25) is 5.91 Å². The van der Waals surface area contributed by atoms with Crippen molar-refractivity contribution in [2.45, 2.75) is 37.3 Å². The van der Waals surface area contributed by atoms with E-state index in [4.69, 9.17) is 9.47 Å². The van der Waals surface area contributed by atoms with Crippen LogP contribution in [0, 0.1) is 6.92 Å². The number of amides is 2. The molecule has 0 heterocycles. The Kier molecular flexibility index (Phi) is 8.60. The van der Waals surface area contributed by atoms with Crippen molar-refractivity contribution in [3.05, 3.63) is 77.4 Å². The van der Waals surface area contributed by atoms with Crippen LogP contribution in [-0.2, 0) is 11.2 Å². The van der Waals surface area contributed by atoms with Crippen molar-refractivity contribution in [3.8, 4) is 11.5 Å². The van der Waals surface area contributed by atoms with Gasteiger partial charge < -0.3 is 20.1 Å². The van der Waals surface area contributed by atoms with Crippen molar-refractivity contribution < 1.29 is 19.1 Å². The second-order valence-corrected chi connectivity index (χ2v) is 9.14. The van der Waals surface area contributed by atoms with Crippen LogP contribution in [0.2, 0.25) is 0 Å². The molecule has 0 aromatic heterocycles. The molecule has 3 aromatic carbocycles. The number of hydrogen-bond donors (Lipinski definition) is 2. The molecule has 0 saturated carbocycles. The van der Waals surface area contributed by atoms with Gasteiger partial charge >= 0.3 is 0 Å². The predicted molar refractivity (Wildman–Crippen MR) is 138 cm³/mol. The number of rotatable bonds is 9. The van der Waals surface area contributed by atoms with Gasteiger partial charge in [0.15, 0.2) is 0 Å². The molecule has 3 rings (SSSR count). The fraction of sp³-hybridized carbons (Fsp3) is 0.259. The molecule has 0 aliphatic carbocycles. The maximum absolute atomic E-state index is 12.8. The van der Waals surface area contributed by atoms with E-state index < -0.39 is 0 Å². The third-order valence-electron chi connectivity index (χ3n) is 5.44. The highest BCUT2D eigenvalue weighted by molar-refractivity contribution is 8.00. The van der Waals surface area contributed by atoms with E-state index in [1.165, 1.54) is 26.0 Å². The minimum absolute atomic E-state index is 0.0466. The van der Waals surface area contributed by atoms with Crippen LogP contribution in [0.5, 0.6) is 11.5 Å². The number of ether oxygens (including phenoxy) is 2. The highest BCUT2D eigenvalue weighted by Crippen LogP contribution is 2.30. The Morgan fingerprint density at radius 3 is 2.12 bits per heavy atom. The molecular formula is C27H30N2O4S. The smallest absolute Gasteiger partial charge is 0.263 e. The van der Waals surface area contributed by atoms with Crippen molar-refractivity contribution in [2.24, 2.45) is 0 Å². The number of methoxy groups -OCH3 is 2. The maximum atomic E-state index is 12.8. The van der Waals surface area contributed by atoms with E-state index in [9.17, 15) is 9.59 Å². The Hall–Kier alpha value is -3.45. The number of carbonyl (C=O) groups is 2. The lowest BCUT2D eigenvalue weighted by Gasteiger charge is -2.16. The Morgan fingerprint density at radius 1 is 0.912 bits per heavy atom. The number of para-hydroxylation sites is 1. The molecule has 0 fully saturated rings. The molecule has 6 nitrogen and oxygen atoms in total. The molecule has 1 atom stereocenters. The number of hydrogen-bond acceptors (Lipinski definition) is 5. The fourth-order valence-corrected chi connectivity index (χ4v) is 4.44. The van der Waals surface area contributed by atoms with Crippen LogP contribution in [0.25, 0.3) is 0 Å². The first-order valence-corrected chi connectivity index (χ1v) is 11.9. The standard InChI is InChI=1S/C27H30N2O4S/c1-6-19-10-7-9-17(2)25(19)29-26(30)18(3)34-21-15-13-20(14-16-21)28-27(31)24-22(32-4)11-8-12-23(24)33-5/h7-16,18H,6H2,1-5H3,(H,28,31)(H,29,30). The van der Waals surface area contributed by atoms with Gasteiger partial charge in [-0.1, -0.05) is 31.2 Å². The highest BCUT2D eigenvalue weighted by atomic mass is 32.2. The topological polar surface area (TPSA) is 76.7 Å². The van der Waals surface area contributed by atoms with Crippen LogP contribution in [0.1, 0.15) is 35.3 Å². The maximum Gasteiger partial charge on any atom is 0.263 e. The average Bonchev–Trinajstić information content (AvgIpc) is 2.85. The molecule has 2 N–H and O–H groups in total. The summed E-state index contributed by atoms with van der Waals surface area (Å²) in [6.45, 7) is 5.96. The average molecular weight is 479 g/mol. The SMILES string of the molecule is CCc1cccc(C)c1NC(=O)C(C)Sc1ccc(NC(=O)c2c(OC)cccc2OC)cc1. The minimum Gasteiger partial charge on any atom is -0.496 e. The normalized spacial score (nSPS) is 11.4. The molecule has 0 bridgehead atoms. The molecule has 0 radical (unpaired) electrons. The zero-order chi connectivity index (χ0) is 24.7. The molecule has 1 unspecified atom stereocenters. The van der Waals surface area contributed by atoms with Crippen LogP contribution in [0.15, 0.2) is 65.6 Å². The van der Waals surface area contributed by atoms with Crippen LogP contribution >= 0.6 is 11.8 Å².